The Kier molecular flexibility index (Phi) is 6.22. The summed E-state index contributed by atoms with van der Waals surface area (Å²) in [6.45, 7) is 3.09. The first-order valence-electron chi connectivity index (χ1n) is 9.20. The third-order valence-electron chi connectivity index (χ3n) is 4.70. The zero-order valence-corrected chi connectivity index (χ0v) is 16.2. The van der Waals surface area contributed by atoms with Gasteiger partial charge in [-0.15, -0.1) is 0 Å². The maximum Gasteiger partial charge on any atom is 0.223 e. The van der Waals surface area contributed by atoms with Crippen LogP contribution in [-0.4, -0.2) is 52.2 Å². The number of nitrogens with zero attached hydrogens (tertiary/aromatic N) is 4. The zero-order chi connectivity index (χ0) is 19.3. The first-order valence-corrected chi connectivity index (χ1v) is 10.8. The highest BCUT2D eigenvalue weighted by Crippen LogP contribution is 2.20. The molecule has 0 aromatic carbocycles. The van der Waals surface area contributed by atoms with E-state index in [0.29, 0.717) is 44.7 Å². The van der Waals surface area contributed by atoms with Crippen LogP contribution in [0.15, 0.2) is 36.8 Å². The van der Waals surface area contributed by atoms with E-state index in [1.165, 1.54) is 4.31 Å². The SMILES string of the molecule is CCCS(=O)(=O)N1CCC(C(=O)NCc2ccnc(-n3cccn3)c2)CC1. The van der Waals surface area contributed by atoms with Crippen molar-refractivity contribution in [3.8, 4) is 5.82 Å². The molecule has 1 aliphatic heterocycles. The molecule has 0 atom stereocenters. The fraction of sp³-hybridized carbons (Fsp3) is 0.500. The van der Waals surface area contributed by atoms with Gasteiger partial charge in [-0.2, -0.15) is 5.10 Å². The number of piperidine rings is 1. The van der Waals surface area contributed by atoms with E-state index in [4.69, 9.17) is 0 Å². The molecule has 9 heteroatoms. The number of hydrogen-bond donors (Lipinski definition) is 1. The van der Waals surface area contributed by atoms with Gasteiger partial charge in [-0.25, -0.2) is 22.4 Å². The maximum atomic E-state index is 12.5. The molecule has 2 aromatic rings. The summed E-state index contributed by atoms with van der Waals surface area (Å²) >= 11 is 0. The molecule has 3 rings (SSSR count). The van der Waals surface area contributed by atoms with E-state index in [9.17, 15) is 13.2 Å². The molecule has 1 aliphatic rings. The molecule has 2 aromatic heterocycles. The molecule has 8 nitrogen and oxygen atoms in total. The van der Waals surface area contributed by atoms with E-state index in [1.807, 2.05) is 31.3 Å². The van der Waals surface area contributed by atoms with E-state index < -0.39 is 10.0 Å². The summed E-state index contributed by atoms with van der Waals surface area (Å²) in [7, 11) is -3.18. The molecule has 1 N–H and O–H groups in total. The van der Waals surface area contributed by atoms with Gasteiger partial charge in [0.05, 0.1) is 5.75 Å². The van der Waals surface area contributed by atoms with Gasteiger partial charge in [0, 0.05) is 44.1 Å². The van der Waals surface area contributed by atoms with Crippen molar-refractivity contribution < 1.29 is 13.2 Å². The number of carbonyl (C=O) groups is 1. The van der Waals surface area contributed by atoms with Gasteiger partial charge >= 0.3 is 0 Å². The predicted molar refractivity (Wildman–Crippen MR) is 102 cm³/mol. The molecule has 0 radical (unpaired) electrons. The van der Waals surface area contributed by atoms with Crippen LogP contribution >= 0.6 is 0 Å². The average Bonchev–Trinajstić information content (AvgIpc) is 3.21. The normalized spacial score (nSPS) is 16.3. The molecule has 0 bridgehead atoms. The number of amides is 1. The van der Waals surface area contributed by atoms with Crippen molar-refractivity contribution in [2.24, 2.45) is 5.92 Å². The summed E-state index contributed by atoms with van der Waals surface area (Å²) in [6.07, 6.45) is 6.91. The highest BCUT2D eigenvalue weighted by molar-refractivity contribution is 7.89. The fourth-order valence-corrected chi connectivity index (χ4v) is 4.76. The summed E-state index contributed by atoms with van der Waals surface area (Å²) in [5, 5.41) is 7.10. The molecule has 146 valence electrons. The Morgan fingerprint density at radius 1 is 1.30 bits per heavy atom. The molecule has 0 saturated carbocycles. The summed E-state index contributed by atoms with van der Waals surface area (Å²) in [6, 6.07) is 5.56. The molecule has 0 unspecified atom stereocenters. The van der Waals surface area contributed by atoms with Gasteiger partial charge in [0.2, 0.25) is 15.9 Å². The van der Waals surface area contributed by atoms with Gasteiger partial charge in [-0.1, -0.05) is 6.92 Å². The number of nitrogens with one attached hydrogen (secondary N) is 1. The minimum Gasteiger partial charge on any atom is -0.352 e. The lowest BCUT2D eigenvalue weighted by Gasteiger charge is -2.30. The Bertz CT molecular complexity index is 859. The molecule has 3 heterocycles. The van der Waals surface area contributed by atoms with E-state index in [-0.39, 0.29) is 17.6 Å². The molecule has 1 saturated heterocycles. The van der Waals surface area contributed by atoms with Crippen LogP contribution in [0.3, 0.4) is 0 Å². The van der Waals surface area contributed by atoms with Crippen molar-refractivity contribution >= 4 is 15.9 Å². The van der Waals surface area contributed by atoms with Gasteiger partial charge in [0.1, 0.15) is 0 Å². The van der Waals surface area contributed by atoms with Gasteiger partial charge in [-0.05, 0) is 43.0 Å². The molecular formula is C18H25N5O3S. The van der Waals surface area contributed by atoms with Crippen molar-refractivity contribution in [3.63, 3.8) is 0 Å². The number of carbonyl (C=O) groups excluding carboxylic acids is 1. The van der Waals surface area contributed by atoms with E-state index in [2.05, 4.69) is 15.4 Å². The molecular weight excluding hydrogens is 366 g/mol. The van der Waals surface area contributed by atoms with Gasteiger partial charge in [-0.3, -0.25) is 4.79 Å². The van der Waals surface area contributed by atoms with E-state index in [0.717, 1.165) is 5.56 Å². The highest BCUT2D eigenvalue weighted by Gasteiger charge is 2.30. The molecule has 1 fully saturated rings. The quantitative estimate of drug-likeness (QED) is 0.768. The first-order chi connectivity index (χ1) is 13.0. The number of rotatable bonds is 7. The van der Waals surface area contributed by atoms with Crippen LogP contribution in [0.1, 0.15) is 31.7 Å². The van der Waals surface area contributed by atoms with Gasteiger partial charge < -0.3 is 5.32 Å². The van der Waals surface area contributed by atoms with Crippen molar-refractivity contribution in [3.05, 3.63) is 42.4 Å². The average molecular weight is 391 g/mol. The van der Waals surface area contributed by atoms with Crippen LogP contribution in [-0.2, 0) is 21.4 Å². The van der Waals surface area contributed by atoms with Crippen molar-refractivity contribution in [1.29, 1.82) is 0 Å². The third-order valence-corrected chi connectivity index (χ3v) is 6.77. The maximum absolute atomic E-state index is 12.5. The Morgan fingerprint density at radius 2 is 2.07 bits per heavy atom. The number of hydrogen-bond acceptors (Lipinski definition) is 5. The second-order valence-electron chi connectivity index (χ2n) is 6.68. The Morgan fingerprint density at radius 3 is 2.74 bits per heavy atom. The predicted octanol–water partition coefficient (Wildman–Crippen LogP) is 1.34. The topological polar surface area (TPSA) is 97.2 Å². The summed E-state index contributed by atoms with van der Waals surface area (Å²) in [5.74, 6) is 0.691. The second kappa shape index (κ2) is 8.62. The zero-order valence-electron chi connectivity index (χ0n) is 15.4. The number of pyridine rings is 1. The van der Waals surface area contributed by atoms with Crippen molar-refractivity contribution in [1.82, 2.24) is 24.4 Å². The van der Waals surface area contributed by atoms with Gasteiger partial charge in [0.15, 0.2) is 5.82 Å². The lowest BCUT2D eigenvalue weighted by atomic mass is 9.97. The number of aromatic nitrogens is 3. The Labute approximate surface area is 159 Å². The minimum absolute atomic E-state index is 0.0278. The van der Waals surface area contributed by atoms with Crippen LogP contribution < -0.4 is 5.32 Å². The van der Waals surface area contributed by atoms with Crippen LogP contribution in [0.2, 0.25) is 0 Å². The summed E-state index contributed by atoms with van der Waals surface area (Å²) in [5.41, 5.74) is 0.937. The Hall–Kier alpha value is -2.26. The molecule has 0 spiro atoms. The van der Waals surface area contributed by atoms with E-state index in [1.54, 1.807) is 17.1 Å². The lowest BCUT2D eigenvalue weighted by Crippen LogP contribution is -2.43. The molecule has 0 aliphatic carbocycles. The van der Waals surface area contributed by atoms with E-state index >= 15 is 0 Å². The van der Waals surface area contributed by atoms with Crippen molar-refractivity contribution in [2.45, 2.75) is 32.7 Å². The van der Waals surface area contributed by atoms with Crippen LogP contribution in [0.4, 0.5) is 0 Å². The minimum atomic E-state index is -3.18. The van der Waals surface area contributed by atoms with Gasteiger partial charge in [0.25, 0.3) is 0 Å². The van der Waals surface area contributed by atoms with Crippen LogP contribution in [0.5, 0.6) is 0 Å². The lowest BCUT2D eigenvalue weighted by molar-refractivity contribution is -0.126. The smallest absolute Gasteiger partial charge is 0.223 e. The summed E-state index contributed by atoms with van der Waals surface area (Å²) < 4.78 is 27.4. The standard InChI is InChI=1S/C18H25N5O3S/c1-2-12-27(25,26)22-10-5-16(6-11-22)18(24)20-14-15-4-8-19-17(13-15)23-9-3-7-21-23/h3-4,7-9,13,16H,2,5-6,10-12,14H2,1H3,(H,20,24). The second-order valence-corrected chi connectivity index (χ2v) is 8.77. The van der Waals surface area contributed by atoms with Crippen LogP contribution in [0, 0.1) is 5.92 Å². The monoisotopic (exact) mass is 391 g/mol. The Balaban J connectivity index is 1.51. The number of sulfonamides is 1. The molecule has 1 amide bonds. The first kappa shape index (κ1) is 19.5. The highest BCUT2D eigenvalue weighted by atomic mass is 32.2. The largest absolute Gasteiger partial charge is 0.352 e. The fourth-order valence-electron chi connectivity index (χ4n) is 3.22. The van der Waals surface area contributed by atoms with Crippen molar-refractivity contribution in [2.75, 3.05) is 18.8 Å². The summed E-state index contributed by atoms with van der Waals surface area (Å²) in [4.78, 5) is 16.7. The third kappa shape index (κ3) is 4.92. The molecule has 27 heavy (non-hydrogen) atoms. The van der Waals surface area contributed by atoms with Crippen LogP contribution in [0.25, 0.3) is 5.82 Å².